The van der Waals surface area contributed by atoms with Gasteiger partial charge in [-0.3, -0.25) is 9.89 Å². The molecule has 0 bridgehead atoms. The van der Waals surface area contributed by atoms with Crippen LogP contribution in [0.2, 0.25) is 0 Å². The maximum Gasteiger partial charge on any atom is 0.101 e. The molecule has 0 aromatic heterocycles. The highest BCUT2D eigenvalue weighted by Gasteiger charge is 2.36. The number of aliphatic imine (C=N–C) groups is 1. The van der Waals surface area contributed by atoms with Crippen molar-refractivity contribution in [1.29, 1.82) is 0 Å². The van der Waals surface area contributed by atoms with Crippen molar-refractivity contribution in [3.8, 4) is 0 Å². The Hall–Kier alpha value is -0.800. The largest absolute Gasteiger partial charge is 0.295 e. The van der Waals surface area contributed by atoms with Crippen molar-refractivity contribution < 1.29 is 0 Å². The number of likely N-dealkylation sites (N-methyl/N-ethyl adjacent to an activating group) is 1. The summed E-state index contributed by atoms with van der Waals surface area (Å²) in [5.41, 5.74) is 1.45. The van der Waals surface area contributed by atoms with Crippen LogP contribution in [0.4, 0.5) is 0 Å². The lowest BCUT2D eigenvalue weighted by atomic mass is 9.98. The minimum atomic E-state index is 0.141. The fourth-order valence-electron chi connectivity index (χ4n) is 2.05. The second-order valence-corrected chi connectivity index (χ2v) is 7.12. The molecule has 0 spiro atoms. The highest BCUT2D eigenvalue weighted by molar-refractivity contribution is 8.14. The lowest BCUT2D eigenvalue weighted by Crippen LogP contribution is -2.28. The third-order valence-corrected chi connectivity index (χ3v) is 4.91. The van der Waals surface area contributed by atoms with Crippen LogP contribution in [0.25, 0.3) is 0 Å². The average molecular weight is 262 g/mol. The maximum absolute atomic E-state index is 4.97. The summed E-state index contributed by atoms with van der Waals surface area (Å²) in [7, 11) is 4.27. The van der Waals surface area contributed by atoms with Crippen LogP contribution in [0.15, 0.2) is 35.3 Å². The Balaban J connectivity index is 2.33. The highest BCUT2D eigenvalue weighted by atomic mass is 32.2. The van der Waals surface area contributed by atoms with Crippen LogP contribution < -0.4 is 0 Å². The van der Waals surface area contributed by atoms with E-state index in [0.717, 1.165) is 0 Å². The van der Waals surface area contributed by atoms with Gasteiger partial charge in [0.15, 0.2) is 0 Å². The van der Waals surface area contributed by atoms with Gasteiger partial charge in [-0.15, -0.1) is 0 Å². The first-order valence-electron chi connectivity index (χ1n) is 6.36. The van der Waals surface area contributed by atoms with Gasteiger partial charge in [-0.2, -0.15) is 0 Å². The van der Waals surface area contributed by atoms with Gasteiger partial charge in [-0.1, -0.05) is 62.9 Å². The number of nitrogens with zero attached hydrogens (tertiary/aromatic N) is 2. The predicted molar refractivity (Wildman–Crippen MR) is 81.1 cm³/mol. The molecule has 0 saturated heterocycles. The van der Waals surface area contributed by atoms with E-state index < -0.39 is 0 Å². The van der Waals surface area contributed by atoms with Crippen molar-refractivity contribution in [2.24, 2.45) is 10.4 Å². The Morgan fingerprint density at radius 2 is 1.72 bits per heavy atom. The fourth-order valence-corrected chi connectivity index (χ4v) is 3.36. The van der Waals surface area contributed by atoms with E-state index in [0.29, 0.717) is 5.37 Å². The molecule has 0 unspecified atom stereocenters. The highest BCUT2D eigenvalue weighted by Crippen LogP contribution is 2.43. The minimum Gasteiger partial charge on any atom is -0.295 e. The Labute approximate surface area is 114 Å². The molecule has 0 saturated carbocycles. The summed E-state index contributed by atoms with van der Waals surface area (Å²) in [5.74, 6) is 0. The predicted octanol–water partition coefficient (Wildman–Crippen LogP) is 3.81. The molecule has 1 aromatic rings. The van der Waals surface area contributed by atoms with E-state index in [4.69, 9.17) is 4.99 Å². The van der Waals surface area contributed by atoms with E-state index in [1.54, 1.807) is 0 Å². The van der Waals surface area contributed by atoms with E-state index in [9.17, 15) is 0 Å². The van der Waals surface area contributed by atoms with Gasteiger partial charge in [0, 0.05) is 5.41 Å². The molecule has 1 aliphatic heterocycles. The Bertz CT molecular complexity index is 432. The van der Waals surface area contributed by atoms with E-state index >= 15 is 0 Å². The van der Waals surface area contributed by atoms with Crippen LogP contribution in [0, 0.1) is 5.41 Å². The van der Waals surface area contributed by atoms with Gasteiger partial charge < -0.3 is 0 Å². The van der Waals surface area contributed by atoms with Crippen molar-refractivity contribution >= 4 is 16.8 Å². The molecule has 0 N–H and O–H groups in total. The Morgan fingerprint density at radius 1 is 1.11 bits per heavy atom. The standard InChI is InChI=1S/C15H22N2S/c1-15(2,3)14-16-12(13(18-14)17(4)5)11-9-7-6-8-10-11/h6-10,12-13H,1-5H3/t12-,13+/m1/s1. The van der Waals surface area contributed by atoms with Crippen LogP contribution in [-0.2, 0) is 0 Å². The lowest BCUT2D eigenvalue weighted by molar-refractivity contribution is 0.349. The second kappa shape index (κ2) is 5.06. The van der Waals surface area contributed by atoms with E-state index in [1.165, 1.54) is 10.6 Å². The summed E-state index contributed by atoms with van der Waals surface area (Å²) in [4.78, 5) is 7.24. The van der Waals surface area contributed by atoms with E-state index in [2.05, 4.69) is 70.1 Å². The molecule has 1 heterocycles. The molecule has 0 amide bonds. The van der Waals surface area contributed by atoms with Crippen LogP contribution in [-0.4, -0.2) is 29.4 Å². The van der Waals surface area contributed by atoms with Crippen molar-refractivity contribution in [1.82, 2.24) is 4.90 Å². The van der Waals surface area contributed by atoms with Gasteiger partial charge in [0.05, 0.1) is 10.4 Å². The fraction of sp³-hybridized carbons (Fsp3) is 0.533. The molecule has 2 nitrogen and oxygen atoms in total. The second-order valence-electron chi connectivity index (χ2n) is 6.01. The molecule has 0 aliphatic carbocycles. The monoisotopic (exact) mass is 262 g/mol. The third kappa shape index (κ3) is 2.78. The first-order valence-corrected chi connectivity index (χ1v) is 7.24. The number of hydrogen-bond donors (Lipinski definition) is 0. The summed E-state index contributed by atoms with van der Waals surface area (Å²) in [6.45, 7) is 6.71. The Kier molecular flexibility index (Phi) is 3.83. The van der Waals surface area contributed by atoms with Crippen molar-refractivity contribution in [2.75, 3.05) is 14.1 Å². The maximum atomic E-state index is 4.97. The minimum absolute atomic E-state index is 0.141. The van der Waals surface area contributed by atoms with E-state index in [-0.39, 0.29) is 11.5 Å². The first kappa shape index (κ1) is 13.6. The molecule has 0 fully saturated rings. The normalized spacial score (nSPS) is 24.4. The molecule has 98 valence electrons. The molecular formula is C15H22N2S. The summed E-state index contributed by atoms with van der Waals surface area (Å²) in [6.07, 6.45) is 0. The summed E-state index contributed by atoms with van der Waals surface area (Å²) in [5, 5.41) is 1.66. The first-order chi connectivity index (χ1) is 8.39. The zero-order valence-electron chi connectivity index (χ0n) is 11.8. The SMILES string of the molecule is CN(C)[C@H]1SC(C(C)(C)C)=N[C@@H]1c1ccccc1. The van der Waals surface area contributed by atoms with Gasteiger partial charge in [-0.05, 0) is 19.7 Å². The zero-order valence-corrected chi connectivity index (χ0v) is 12.7. The van der Waals surface area contributed by atoms with Crippen LogP contribution in [0.5, 0.6) is 0 Å². The van der Waals surface area contributed by atoms with Gasteiger partial charge >= 0.3 is 0 Å². The molecule has 18 heavy (non-hydrogen) atoms. The van der Waals surface area contributed by atoms with Gasteiger partial charge in [0.25, 0.3) is 0 Å². The Morgan fingerprint density at radius 3 is 2.22 bits per heavy atom. The van der Waals surface area contributed by atoms with Gasteiger partial charge in [-0.25, -0.2) is 0 Å². The third-order valence-electron chi connectivity index (χ3n) is 3.05. The van der Waals surface area contributed by atoms with E-state index in [1.807, 2.05) is 11.8 Å². The molecule has 1 aromatic carbocycles. The number of benzene rings is 1. The number of thioether (sulfide) groups is 1. The van der Waals surface area contributed by atoms with Crippen molar-refractivity contribution in [3.63, 3.8) is 0 Å². The topological polar surface area (TPSA) is 15.6 Å². The van der Waals surface area contributed by atoms with Crippen LogP contribution >= 0.6 is 11.8 Å². The zero-order chi connectivity index (χ0) is 13.3. The summed E-state index contributed by atoms with van der Waals surface area (Å²) in [6, 6.07) is 10.9. The van der Waals surface area contributed by atoms with Crippen LogP contribution in [0.3, 0.4) is 0 Å². The van der Waals surface area contributed by atoms with Crippen molar-refractivity contribution in [3.05, 3.63) is 35.9 Å². The quantitative estimate of drug-likeness (QED) is 0.805. The summed E-state index contributed by atoms with van der Waals surface area (Å²) < 4.78 is 0. The van der Waals surface area contributed by atoms with Gasteiger partial charge in [0.1, 0.15) is 6.04 Å². The number of hydrogen-bond acceptors (Lipinski definition) is 3. The molecule has 1 aliphatic rings. The number of rotatable bonds is 2. The molecule has 2 rings (SSSR count). The average Bonchev–Trinajstić information content (AvgIpc) is 2.74. The lowest BCUT2D eigenvalue weighted by Gasteiger charge is -2.25. The molecule has 3 heteroatoms. The van der Waals surface area contributed by atoms with Crippen LogP contribution in [0.1, 0.15) is 32.4 Å². The summed E-state index contributed by atoms with van der Waals surface area (Å²) >= 11 is 1.90. The van der Waals surface area contributed by atoms with Gasteiger partial charge in [0.2, 0.25) is 0 Å². The van der Waals surface area contributed by atoms with Crippen molar-refractivity contribution in [2.45, 2.75) is 32.2 Å². The molecule has 0 radical (unpaired) electrons. The molecular weight excluding hydrogens is 240 g/mol. The molecule has 2 atom stereocenters. The smallest absolute Gasteiger partial charge is 0.101 e.